The van der Waals surface area contributed by atoms with Gasteiger partial charge in [0.25, 0.3) is 22.5 Å². The molecule has 0 saturated carbocycles. The predicted molar refractivity (Wildman–Crippen MR) is 145 cm³/mol. The molecule has 3 atom stereocenters. The van der Waals surface area contributed by atoms with E-state index in [1.54, 1.807) is 26.4 Å². The first kappa shape index (κ1) is 33.0. The fraction of sp³-hybridized carbons (Fsp3) is 0.500. The SMILES string of the molecule is CS/C(C)=N\OC(=O)OS(=O)N(C)CC(COCc1ccccc1)N(C)S(=O)OC(=O)O/N=C(/C)SC. The van der Waals surface area contributed by atoms with E-state index in [0.717, 1.165) is 9.87 Å². The second-order valence-corrected chi connectivity index (χ2v) is 11.3. The molecule has 0 heterocycles. The van der Waals surface area contributed by atoms with Crippen molar-refractivity contribution >= 4 is 68.5 Å². The van der Waals surface area contributed by atoms with Crippen LogP contribution in [0, 0.1) is 0 Å². The van der Waals surface area contributed by atoms with E-state index in [0.29, 0.717) is 10.1 Å². The average molecular weight is 599 g/mol. The van der Waals surface area contributed by atoms with Crippen molar-refractivity contribution in [1.29, 1.82) is 0 Å². The summed E-state index contributed by atoms with van der Waals surface area (Å²) in [6, 6.07) is 8.59. The highest BCUT2D eigenvalue weighted by Gasteiger charge is 2.28. The Morgan fingerprint density at radius 3 is 1.95 bits per heavy atom. The smallest absolute Gasteiger partial charge is 0.375 e. The second-order valence-electron chi connectivity index (χ2n) is 6.92. The quantitative estimate of drug-likeness (QED) is 0.143. The molecule has 208 valence electrons. The molecule has 0 aliphatic rings. The Morgan fingerprint density at radius 2 is 1.43 bits per heavy atom. The summed E-state index contributed by atoms with van der Waals surface area (Å²) in [6.07, 6.45) is 0.940. The average Bonchev–Trinajstić information content (AvgIpc) is 2.89. The Morgan fingerprint density at radius 1 is 0.919 bits per heavy atom. The standard InChI is InChI=1S/C20H30N4O9S4/c1-15(34-5)21-30-19(25)32-36(27)23(3)12-18(14-29-13-17-10-8-7-9-11-17)24(4)37(28)33-20(26)31-22-16(2)35-6/h7-11,18H,12-14H2,1-6H3/b21-15-,22-16-. The number of nitrogens with zero attached hydrogens (tertiary/aromatic N) is 4. The third-order valence-electron chi connectivity index (χ3n) is 4.26. The van der Waals surface area contributed by atoms with Crippen molar-refractivity contribution in [2.24, 2.45) is 10.3 Å². The number of thioether (sulfide) groups is 2. The summed E-state index contributed by atoms with van der Waals surface area (Å²) < 4.78 is 42.6. The summed E-state index contributed by atoms with van der Waals surface area (Å²) in [6.45, 7) is 3.39. The first-order chi connectivity index (χ1) is 17.6. The topological polar surface area (TPSA) is 146 Å². The van der Waals surface area contributed by atoms with Gasteiger partial charge < -0.3 is 13.1 Å². The largest absolute Gasteiger partial charge is 0.550 e. The van der Waals surface area contributed by atoms with E-state index in [2.05, 4.69) is 20.0 Å². The van der Waals surface area contributed by atoms with Crippen LogP contribution in [0.3, 0.4) is 0 Å². The summed E-state index contributed by atoms with van der Waals surface area (Å²) in [7, 11) is 2.80. The first-order valence-electron chi connectivity index (χ1n) is 10.4. The van der Waals surface area contributed by atoms with E-state index in [-0.39, 0.29) is 19.8 Å². The van der Waals surface area contributed by atoms with Crippen LogP contribution in [-0.2, 0) is 51.9 Å². The number of carbonyl (C=O) groups excluding carboxylic acids is 2. The number of benzene rings is 1. The number of oxime groups is 2. The Bertz CT molecular complexity index is 982. The van der Waals surface area contributed by atoms with E-state index in [9.17, 15) is 18.0 Å². The molecule has 0 bridgehead atoms. The molecule has 1 aromatic carbocycles. The van der Waals surface area contributed by atoms with Crippen molar-refractivity contribution in [1.82, 2.24) is 8.61 Å². The van der Waals surface area contributed by atoms with E-state index in [1.807, 2.05) is 30.3 Å². The molecule has 3 unspecified atom stereocenters. The number of rotatable bonds is 13. The van der Waals surface area contributed by atoms with Crippen LogP contribution in [0.5, 0.6) is 0 Å². The highest BCUT2D eigenvalue weighted by molar-refractivity contribution is 8.13. The molecule has 0 aromatic heterocycles. The summed E-state index contributed by atoms with van der Waals surface area (Å²) in [5.41, 5.74) is 0.899. The van der Waals surface area contributed by atoms with Crippen LogP contribution in [-0.4, -0.2) is 85.2 Å². The molecule has 0 N–H and O–H groups in total. The molecule has 1 rings (SSSR count). The van der Waals surface area contributed by atoms with Crippen LogP contribution in [0.1, 0.15) is 19.4 Å². The molecule has 0 radical (unpaired) electrons. The van der Waals surface area contributed by atoms with Gasteiger partial charge in [-0.15, -0.1) is 23.5 Å². The summed E-state index contributed by atoms with van der Waals surface area (Å²) in [4.78, 5) is 32.7. The second kappa shape index (κ2) is 18.3. The number of likely N-dealkylation sites (N-methyl/N-ethyl adjacent to an activating group) is 2. The maximum atomic E-state index is 12.6. The summed E-state index contributed by atoms with van der Waals surface area (Å²) in [5, 5.41) is 7.95. The van der Waals surface area contributed by atoms with Gasteiger partial charge in [-0.2, -0.15) is 26.6 Å². The Balaban J connectivity index is 2.83. The zero-order valence-corrected chi connectivity index (χ0v) is 24.4. The van der Waals surface area contributed by atoms with Gasteiger partial charge in [-0.05, 0) is 31.9 Å². The zero-order valence-electron chi connectivity index (χ0n) is 21.2. The Kier molecular flexibility index (Phi) is 16.3. The zero-order chi connectivity index (χ0) is 27.8. The lowest BCUT2D eigenvalue weighted by molar-refractivity contribution is 0.0717. The normalized spacial score (nSPS) is 14.7. The van der Waals surface area contributed by atoms with Crippen LogP contribution in [0.2, 0.25) is 0 Å². The monoisotopic (exact) mass is 598 g/mol. The van der Waals surface area contributed by atoms with Gasteiger partial charge >= 0.3 is 12.3 Å². The van der Waals surface area contributed by atoms with E-state index in [4.69, 9.17) is 13.1 Å². The maximum absolute atomic E-state index is 12.6. The lowest BCUT2D eigenvalue weighted by Crippen LogP contribution is -2.46. The minimum Gasteiger partial charge on any atom is -0.375 e. The molecule has 37 heavy (non-hydrogen) atoms. The minimum absolute atomic E-state index is 0.0114. The molecular formula is C20H30N4O9S4. The van der Waals surface area contributed by atoms with Gasteiger partial charge in [0, 0.05) is 20.6 Å². The lowest BCUT2D eigenvalue weighted by Gasteiger charge is -2.28. The molecule has 0 saturated heterocycles. The van der Waals surface area contributed by atoms with Gasteiger partial charge in [-0.1, -0.05) is 40.6 Å². The Labute approximate surface area is 229 Å². The van der Waals surface area contributed by atoms with Crippen molar-refractivity contribution in [2.45, 2.75) is 26.5 Å². The van der Waals surface area contributed by atoms with Crippen LogP contribution in [0.25, 0.3) is 0 Å². The van der Waals surface area contributed by atoms with Gasteiger partial charge in [0.15, 0.2) is 0 Å². The maximum Gasteiger partial charge on any atom is 0.550 e. The van der Waals surface area contributed by atoms with Gasteiger partial charge in [-0.25, -0.2) is 0 Å². The van der Waals surface area contributed by atoms with Crippen molar-refractivity contribution in [3.63, 3.8) is 0 Å². The molecule has 0 aliphatic heterocycles. The number of carbonyl (C=O) groups is 2. The van der Waals surface area contributed by atoms with Gasteiger partial charge in [0.1, 0.15) is 10.1 Å². The van der Waals surface area contributed by atoms with Crippen molar-refractivity contribution in [3.8, 4) is 0 Å². The van der Waals surface area contributed by atoms with Gasteiger partial charge in [0.2, 0.25) is 0 Å². The molecular weight excluding hydrogens is 569 g/mol. The lowest BCUT2D eigenvalue weighted by atomic mass is 10.2. The molecule has 17 heteroatoms. The number of hydrogen-bond acceptors (Lipinski definition) is 13. The fourth-order valence-corrected chi connectivity index (χ4v) is 3.61. The number of hydrogen-bond donors (Lipinski definition) is 0. The van der Waals surface area contributed by atoms with Gasteiger partial charge in [-0.3, -0.25) is 9.68 Å². The van der Waals surface area contributed by atoms with E-state index in [1.165, 1.54) is 41.9 Å². The van der Waals surface area contributed by atoms with Crippen molar-refractivity contribution in [2.75, 3.05) is 39.8 Å². The number of ether oxygens (including phenoxy) is 1. The first-order valence-corrected chi connectivity index (χ1v) is 14.9. The van der Waals surface area contributed by atoms with Crippen LogP contribution >= 0.6 is 23.5 Å². The fourth-order valence-electron chi connectivity index (χ4n) is 2.19. The molecule has 0 amide bonds. The molecule has 0 fully saturated rings. The third-order valence-corrected chi connectivity index (χ3v) is 7.57. The summed E-state index contributed by atoms with van der Waals surface area (Å²) in [5.74, 6) is 0. The molecule has 1 aromatic rings. The molecule has 0 spiro atoms. The molecule has 0 aliphatic carbocycles. The molecule has 13 nitrogen and oxygen atoms in total. The highest BCUT2D eigenvalue weighted by atomic mass is 32.2. The Hall–Kier alpha value is -2.02. The van der Waals surface area contributed by atoms with Crippen LogP contribution in [0.4, 0.5) is 9.59 Å². The summed E-state index contributed by atoms with van der Waals surface area (Å²) >= 11 is -2.09. The van der Waals surface area contributed by atoms with Crippen LogP contribution in [0.15, 0.2) is 40.6 Å². The van der Waals surface area contributed by atoms with E-state index >= 15 is 0 Å². The van der Waals surface area contributed by atoms with Gasteiger partial charge in [0.05, 0.1) is 19.3 Å². The van der Waals surface area contributed by atoms with Crippen LogP contribution < -0.4 is 0 Å². The highest BCUT2D eigenvalue weighted by Crippen LogP contribution is 2.11. The minimum atomic E-state index is -2.31. The van der Waals surface area contributed by atoms with Crippen molar-refractivity contribution < 1.29 is 40.8 Å². The third kappa shape index (κ3) is 13.9. The van der Waals surface area contributed by atoms with E-state index < -0.39 is 40.9 Å². The predicted octanol–water partition coefficient (Wildman–Crippen LogP) is 3.29. The van der Waals surface area contributed by atoms with Crippen molar-refractivity contribution in [3.05, 3.63) is 35.9 Å².